The maximum Gasteiger partial charge on any atom is 0.257 e. The van der Waals surface area contributed by atoms with Crippen LogP contribution >= 0.6 is 0 Å². The lowest BCUT2D eigenvalue weighted by atomic mass is 10.0. The Balaban J connectivity index is 1.10. The van der Waals surface area contributed by atoms with Crippen molar-refractivity contribution < 1.29 is 22.6 Å². The van der Waals surface area contributed by atoms with E-state index in [9.17, 15) is 13.6 Å². The molecule has 2 aromatic heterocycles. The summed E-state index contributed by atoms with van der Waals surface area (Å²) in [4.78, 5) is 24.2. The van der Waals surface area contributed by atoms with Gasteiger partial charge in [-0.3, -0.25) is 4.79 Å². The lowest BCUT2D eigenvalue weighted by molar-refractivity contribution is -0.123. The largest absolute Gasteiger partial charge is 0.339 e. The smallest absolute Gasteiger partial charge is 0.257 e. The van der Waals surface area contributed by atoms with Gasteiger partial charge in [-0.05, 0) is 75.0 Å². The predicted octanol–water partition coefficient (Wildman–Crippen LogP) is 6.21. The Morgan fingerprint density at radius 2 is 1.69 bits per heavy atom. The van der Waals surface area contributed by atoms with Crippen LogP contribution in [0.25, 0.3) is 11.5 Å². The minimum atomic E-state index is -2.78. The first-order chi connectivity index (χ1) is 18.9. The van der Waals surface area contributed by atoms with Crippen molar-refractivity contribution in [2.75, 3.05) is 11.4 Å². The summed E-state index contributed by atoms with van der Waals surface area (Å²) in [6.45, 7) is 0.442. The van der Waals surface area contributed by atoms with Crippen LogP contribution in [0.1, 0.15) is 81.7 Å². The van der Waals surface area contributed by atoms with Gasteiger partial charge in [0.25, 0.3) is 5.89 Å². The van der Waals surface area contributed by atoms with Gasteiger partial charge in [0.1, 0.15) is 0 Å². The number of anilines is 1. The number of hydrogen-bond acceptors (Lipinski definition) is 7. The average molecular weight is 540 g/mol. The molecule has 0 spiro atoms. The SMILES string of the molecule is O=C(C1CCC(F)(F)C1)N(CCCCCc1nc(CC2CC2)no1)c1cccc(-c2nc(CC3CC3)no2)c1. The summed E-state index contributed by atoms with van der Waals surface area (Å²) in [5.74, 6) is 0.196. The van der Waals surface area contributed by atoms with Gasteiger partial charge in [0.15, 0.2) is 11.6 Å². The number of rotatable bonds is 13. The third-order valence-electron chi connectivity index (χ3n) is 8.01. The molecule has 1 aromatic carbocycles. The number of hydrogen-bond donors (Lipinski definition) is 0. The molecule has 39 heavy (non-hydrogen) atoms. The van der Waals surface area contributed by atoms with Crippen molar-refractivity contribution in [3.8, 4) is 11.5 Å². The molecule has 6 rings (SSSR count). The summed E-state index contributed by atoms with van der Waals surface area (Å²) < 4.78 is 38.8. The molecule has 0 radical (unpaired) electrons. The lowest BCUT2D eigenvalue weighted by Gasteiger charge is -2.26. The van der Waals surface area contributed by atoms with Gasteiger partial charge in [-0.25, -0.2) is 8.78 Å². The second kappa shape index (κ2) is 11.1. The summed E-state index contributed by atoms with van der Waals surface area (Å²) in [6.07, 6.45) is 9.29. The Morgan fingerprint density at radius 1 is 0.949 bits per heavy atom. The van der Waals surface area contributed by atoms with Crippen molar-refractivity contribution in [3.05, 3.63) is 41.8 Å². The third-order valence-corrected chi connectivity index (χ3v) is 8.01. The first-order valence-electron chi connectivity index (χ1n) is 14.4. The molecule has 3 aromatic rings. The van der Waals surface area contributed by atoms with E-state index in [1.807, 2.05) is 24.3 Å². The summed E-state index contributed by atoms with van der Waals surface area (Å²) in [5, 5.41) is 8.18. The van der Waals surface area contributed by atoms with Crippen LogP contribution in [-0.2, 0) is 24.1 Å². The molecule has 8 nitrogen and oxygen atoms in total. The molecule has 2 heterocycles. The maximum absolute atomic E-state index is 14.0. The number of halogens is 2. The molecular formula is C29H35F2N5O3. The number of nitrogens with zero attached hydrogens (tertiary/aromatic N) is 5. The highest BCUT2D eigenvalue weighted by Gasteiger charge is 2.44. The highest BCUT2D eigenvalue weighted by Crippen LogP contribution is 2.40. The summed E-state index contributed by atoms with van der Waals surface area (Å²) >= 11 is 0. The fourth-order valence-electron chi connectivity index (χ4n) is 5.37. The van der Waals surface area contributed by atoms with E-state index in [0.717, 1.165) is 43.5 Å². The average Bonchev–Trinajstić information content (AvgIpc) is 3.78. The zero-order chi connectivity index (χ0) is 26.8. The van der Waals surface area contributed by atoms with Crippen LogP contribution < -0.4 is 4.90 Å². The number of carbonyl (C=O) groups excluding carboxylic acids is 1. The second-order valence-electron chi connectivity index (χ2n) is 11.6. The van der Waals surface area contributed by atoms with E-state index in [0.29, 0.717) is 48.1 Å². The van der Waals surface area contributed by atoms with E-state index in [-0.39, 0.29) is 18.7 Å². The van der Waals surface area contributed by atoms with Crippen LogP contribution in [-0.4, -0.2) is 38.7 Å². The molecule has 0 bridgehead atoms. The quantitative estimate of drug-likeness (QED) is 0.238. The van der Waals surface area contributed by atoms with Gasteiger partial charge in [-0.2, -0.15) is 9.97 Å². The van der Waals surface area contributed by atoms with Crippen LogP contribution in [0, 0.1) is 17.8 Å². The van der Waals surface area contributed by atoms with Crippen LogP contribution in [0.3, 0.4) is 0 Å². The maximum atomic E-state index is 14.0. The monoisotopic (exact) mass is 539 g/mol. The molecule has 3 fully saturated rings. The molecule has 1 amide bonds. The van der Waals surface area contributed by atoms with Crippen molar-refractivity contribution in [1.29, 1.82) is 0 Å². The Labute approximate surface area is 226 Å². The summed E-state index contributed by atoms with van der Waals surface area (Å²) in [7, 11) is 0. The highest BCUT2D eigenvalue weighted by molar-refractivity contribution is 5.95. The van der Waals surface area contributed by atoms with Gasteiger partial charge in [-0.15, -0.1) is 0 Å². The van der Waals surface area contributed by atoms with Crippen molar-refractivity contribution >= 4 is 11.6 Å². The van der Waals surface area contributed by atoms with Gasteiger partial charge in [0.05, 0.1) is 0 Å². The molecule has 0 saturated heterocycles. The topological polar surface area (TPSA) is 98.2 Å². The fourth-order valence-corrected chi connectivity index (χ4v) is 5.37. The summed E-state index contributed by atoms with van der Waals surface area (Å²) in [6, 6.07) is 7.40. The zero-order valence-electron chi connectivity index (χ0n) is 22.2. The number of amides is 1. The van der Waals surface area contributed by atoms with E-state index >= 15 is 0 Å². The number of alkyl halides is 2. The Hall–Kier alpha value is -3.17. The number of carbonyl (C=O) groups is 1. The van der Waals surface area contributed by atoms with Gasteiger partial charge < -0.3 is 13.9 Å². The fraction of sp³-hybridized carbons (Fsp3) is 0.621. The van der Waals surface area contributed by atoms with Crippen LogP contribution in [0.2, 0.25) is 0 Å². The zero-order valence-corrected chi connectivity index (χ0v) is 22.2. The minimum Gasteiger partial charge on any atom is -0.339 e. The van der Waals surface area contributed by atoms with E-state index in [1.54, 1.807) is 4.90 Å². The molecule has 1 atom stereocenters. The third kappa shape index (κ3) is 6.89. The molecule has 0 N–H and O–H groups in total. The molecule has 1 unspecified atom stereocenters. The molecule has 0 aliphatic heterocycles. The molecule has 3 aliphatic rings. The normalized spacial score (nSPS) is 20.4. The Morgan fingerprint density at radius 3 is 2.41 bits per heavy atom. The molecule has 3 saturated carbocycles. The standard InChI is InChI=1S/C29H35F2N5O3/c30-29(31)13-12-22(18-29)28(37)36(14-3-1-2-7-26-32-24(34-38-26)15-19-8-9-19)23-6-4-5-21(17-23)27-33-25(35-39-27)16-20-10-11-20/h4-6,17,19-20,22H,1-3,7-16,18H2. The van der Waals surface area contributed by atoms with Crippen LogP contribution in [0.5, 0.6) is 0 Å². The van der Waals surface area contributed by atoms with Crippen molar-refractivity contribution in [1.82, 2.24) is 20.3 Å². The molecule has 208 valence electrons. The van der Waals surface area contributed by atoms with Crippen molar-refractivity contribution in [2.45, 2.75) is 89.4 Å². The number of aromatic nitrogens is 4. The molecule has 10 heteroatoms. The van der Waals surface area contributed by atoms with E-state index in [2.05, 4.69) is 20.3 Å². The lowest BCUT2D eigenvalue weighted by Crippen LogP contribution is -2.36. The predicted molar refractivity (Wildman–Crippen MR) is 139 cm³/mol. The molecular weight excluding hydrogens is 504 g/mol. The molecule has 3 aliphatic carbocycles. The van der Waals surface area contributed by atoms with Gasteiger partial charge >= 0.3 is 0 Å². The van der Waals surface area contributed by atoms with Gasteiger partial charge in [0, 0.05) is 55.8 Å². The van der Waals surface area contributed by atoms with Crippen LogP contribution in [0.4, 0.5) is 14.5 Å². The van der Waals surface area contributed by atoms with E-state index in [4.69, 9.17) is 9.05 Å². The van der Waals surface area contributed by atoms with E-state index < -0.39 is 18.3 Å². The highest BCUT2D eigenvalue weighted by atomic mass is 19.3. The van der Waals surface area contributed by atoms with Gasteiger partial charge in [0.2, 0.25) is 17.7 Å². The Bertz CT molecular complexity index is 1280. The van der Waals surface area contributed by atoms with Crippen LogP contribution in [0.15, 0.2) is 33.3 Å². The number of aryl methyl sites for hydroxylation is 1. The van der Waals surface area contributed by atoms with E-state index in [1.165, 1.54) is 25.7 Å². The van der Waals surface area contributed by atoms with Gasteiger partial charge in [-0.1, -0.05) is 22.8 Å². The van der Waals surface area contributed by atoms with Crippen molar-refractivity contribution in [3.63, 3.8) is 0 Å². The summed E-state index contributed by atoms with van der Waals surface area (Å²) in [5.41, 5.74) is 1.38. The van der Waals surface area contributed by atoms with Crippen molar-refractivity contribution in [2.24, 2.45) is 17.8 Å². The first kappa shape index (κ1) is 26.1. The first-order valence-corrected chi connectivity index (χ1v) is 14.4. The minimum absolute atomic E-state index is 0.205. The Kier molecular flexibility index (Phi) is 7.44. The second-order valence-corrected chi connectivity index (χ2v) is 11.6. The number of benzene rings is 1. The number of unbranched alkanes of at least 4 members (excludes halogenated alkanes) is 2.